The molecule has 0 aromatic heterocycles. The van der Waals surface area contributed by atoms with E-state index in [1.807, 2.05) is 0 Å². The average molecular weight is 274 g/mol. The Balaban J connectivity index is 2.06. The molecule has 0 spiro atoms. The fourth-order valence-electron chi connectivity index (χ4n) is 1.88. The second-order valence-corrected chi connectivity index (χ2v) is 4.82. The van der Waals surface area contributed by atoms with Gasteiger partial charge in [-0.3, -0.25) is 0 Å². The van der Waals surface area contributed by atoms with E-state index in [9.17, 15) is 15.3 Å². The summed E-state index contributed by atoms with van der Waals surface area (Å²) in [6, 6.07) is 6.88. The van der Waals surface area contributed by atoms with E-state index in [0.29, 0.717) is 10.7 Å². The number of aliphatic hydroxyl groups excluding tert-OH is 3. The second kappa shape index (κ2) is 5.42. The standard InChI is InChI=1S/C12H16ClNO4/c1-6-9(15)10(16)11(17)12(18-6)14-8-4-2-7(13)3-5-8/h2-6,9-12,14-17H,1H3/t6-,9+,10-,11-,12+/m0/s1. The van der Waals surface area contributed by atoms with Crippen molar-refractivity contribution in [3.8, 4) is 0 Å². The number of benzene rings is 1. The molecular weight excluding hydrogens is 258 g/mol. The molecule has 1 saturated heterocycles. The quantitative estimate of drug-likeness (QED) is 0.634. The Morgan fingerprint density at radius 1 is 1.06 bits per heavy atom. The number of hydrogen-bond donors (Lipinski definition) is 4. The van der Waals surface area contributed by atoms with Gasteiger partial charge in [0, 0.05) is 10.7 Å². The maximum atomic E-state index is 9.82. The van der Waals surface area contributed by atoms with Crippen LogP contribution in [-0.4, -0.2) is 46.0 Å². The minimum absolute atomic E-state index is 0.562. The highest BCUT2D eigenvalue weighted by Gasteiger charge is 2.41. The van der Waals surface area contributed by atoms with Crippen molar-refractivity contribution in [3.63, 3.8) is 0 Å². The van der Waals surface area contributed by atoms with Gasteiger partial charge in [-0.05, 0) is 31.2 Å². The van der Waals surface area contributed by atoms with Crippen molar-refractivity contribution in [2.24, 2.45) is 0 Å². The van der Waals surface area contributed by atoms with Crippen LogP contribution in [0.1, 0.15) is 6.92 Å². The van der Waals surface area contributed by atoms with Gasteiger partial charge in [-0.15, -0.1) is 0 Å². The van der Waals surface area contributed by atoms with Crippen LogP contribution in [0.2, 0.25) is 5.02 Å². The number of hydrogen-bond acceptors (Lipinski definition) is 5. The average Bonchev–Trinajstić information content (AvgIpc) is 2.36. The molecule has 5 nitrogen and oxygen atoms in total. The zero-order valence-electron chi connectivity index (χ0n) is 9.82. The van der Waals surface area contributed by atoms with E-state index < -0.39 is 30.6 Å². The SMILES string of the molecule is C[C@@H]1O[C@@H](Nc2ccc(Cl)cc2)[C@@H](O)[C@@H](O)[C@@H]1O. The van der Waals surface area contributed by atoms with Gasteiger partial charge < -0.3 is 25.4 Å². The molecule has 18 heavy (non-hydrogen) atoms. The van der Waals surface area contributed by atoms with Crippen LogP contribution in [0.5, 0.6) is 0 Å². The molecule has 1 aliphatic rings. The first-order chi connectivity index (χ1) is 8.49. The molecule has 1 aromatic carbocycles. The van der Waals surface area contributed by atoms with E-state index in [4.69, 9.17) is 16.3 Å². The van der Waals surface area contributed by atoms with Gasteiger partial charge in [0.2, 0.25) is 0 Å². The molecule has 0 unspecified atom stereocenters. The Morgan fingerprint density at radius 2 is 1.67 bits per heavy atom. The summed E-state index contributed by atoms with van der Waals surface area (Å²) in [4.78, 5) is 0. The van der Waals surface area contributed by atoms with E-state index in [1.54, 1.807) is 31.2 Å². The summed E-state index contributed by atoms with van der Waals surface area (Å²) in [7, 11) is 0. The number of ether oxygens (including phenoxy) is 1. The molecule has 1 fully saturated rings. The molecule has 5 atom stereocenters. The van der Waals surface area contributed by atoms with Crippen molar-refractivity contribution >= 4 is 17.3 Å². The molecule has 0 aliphatic carbocycles. The predicted molar refractivity (Wildman–Crippen MR) is 67.4 cm³/mol. The Labute approximate surface area is 110 Å². The smallest absolute Gasteiger partial charge is 0.157 e. The van der Waals surface area contributed by atoms with Crippen LogP contribution in [0, 0.1) is 0 Å². The maximum Gasteiger partial charge on any atom is 0.157 e. The Morgan fingerprint density at radius 3 is 2.28 bits per heavy atom. The summed E-state index contributed by atoms with van der Waals surface area (Å²) >= 11 is 5.77. The molecule has 0 saturated carbocycles. The van der Waals surface area contributed by atoms with Crippen molar-refractivity contribution in [3.05, 3.63) is 29.3 Å². The van der Waals surface area contributed by atoms with E-state index in [1.165, 1.54) is 0 Å². The Kier molecular flexibility index (Phi) is 4.09. The van der Waals surface area contributed by atoms with Crippen molar-refractivity contribution in [2.45, 2.75) is 37.6 Å². The lowest BCUT2D eigenvalue weighted by Gasteiger charge is -2.39. The van der Waals surface area contributed by atoms with Crippen LogP contribution < -0.4 is 5.32 Å². The van der Waals surface area contributed by atoms with Crippen LogP contribution in [-0.2, 0) is 4.74 Å². The van der Waals surface area contributed by atoms with E-state index >= 15 is 0 Å². The number of nitrogens with one attached hydrogen (secondary N) is 1. The summed E-state index contributed by atoms with van der Waals surface area (Å²) in [5.41, 5.74) is 0.708. The fourth-order valence-corrected chi connectivity index (χ4v) is 2.01. The van der Waals surface area contributed by atoms with Crippen LogP contribution in [0.3, 0.4) is 0 Å². The highest BCUT2D eigenvalue weighted by molar-refractivity contribution is 6.30. The molecule has 0 bridgehead atoms. The molecule has 6 heteroatoms. The molecule has 1 heterocycles. The van der Waals surface area contributed by atoms with Gasteiger partial charge in [0.15, 0.2) is 6.23 Å². The summed E-state index contributed by atoms with van der Waals surface area (Å²) in [5, 5.41) is 32.6. The number of aliphatic hydroxyl groups is 3. The first-order valence-corrected chi connectivity index (χ1v) is 6.08. The van der Waals surface area contributed by atoms with E-state index in [-0.39, 0.29) is 0 Å². The normalized spacial score (nSPS) is 36.4. The van der Waals surface area contributed by atoms with Crippen LogP contribution >= 0.6 is 11.6 Å². The Bertz CT molecular complexity index is 400. The van der Waals surface area contributed by atoms with Crippen LogP contribution in [0.25, 0.3) is 0 Å². The number of anilines is 1. The first kappa shape index (κ1) is 13.6. The van der Waals surface area contributed by atoms with Crippen molar-refractivity contribution in [1.29, 1.82) is 0 Å². The van der Waals surface area contributed by atoms with E-state index in [2.05, 4.69) is 5.32 Å². The van der Waals surface area contributed by atoms with Crippen molar-refractivity contribution < 1.29 is 20.1 Å². The van der Waals surface area contributed by atoms with Crippen LogP contribution in [0.4, 0.5) is 5.69 Å². The van der Waals surface area contributed by atoms with Crippen molar-refractivity contribution in [1.82, 2.24) is 0 Å². The van der Waals surface area contributed by atoms with E-state index in [0.717, 1.165) is 0 Å². The first-order valence-electron chi connectivity index (χ1n) is 5.71. The zero-order chi connectivity index (χ0) is 13.3. The third kappa shape index (κ3) is 2.76. The summed E-state index contributed by atoms with van der Waals surface area (Å²) in [6.45, 7) is 1.64. The van der Waals surface area contributed by atoms with Gasteiger partial charge in [-0.25, -0.2) is 0 Å². The third-order valence-corrected chi connectivity index (χ3v) is 3.26. The maximum absolute atomic E-state index is 9.82. The molecule has 100 valence electrons. The highest BCUT2D eigenvalue weighted by Crippen LogP contribution is 2.23. The third-order valence-electron chi connectivity index (χ3n) is 3.01. The second-order valence-electron chi connectivity index (χ2n) is 4.38. The zero-order valence-corrected chi connectivity index (χ0v) is 10.6. The number of halogens is 1. The monoisotopic (exact) mass is 273 g/mol. The lowest BCUT2D eigenvalue weighted by molar-refractivity contribution is -0.209. The van der Waals surface area contributed by atoms with Gasteiger partial charge in [0.25, 0.3) is 0 Å². The molecule has 0 amide bonds. The Hall–Kier alpha value is -0.850. The molecule has 0 radical (unpaired) electrons. The van der Waals surface area contributed by atoms with Gasteiger partial charge in [-0.1, -0.05) is 11.6 Å². The van der Waals surface area contributed by atoms with Crippen molar-refractivity contribution in [2.75, 3.05) is 5.32 Å². The lowest BCUT2D eigenvalue weighted by Crippen LogP contribution is -2.58. The minimum Gasteiger partial charge on any atom is -0.388 e. The topological polar surface area (TPSA) is 82.0 Å². The summed E-state index contributed by atoms with van der Waals surface area (Å²) < 4.78 is 5.41. The highest BCUT2D eigenvalue weighted by atomic mass is 35.5. The van der Waals surface area contributed by atoms with Gasteiger partial charge in [0.05, 0.1) is 6.10 Å². The van der Waals surface area contributed by atoms with Gasteiger partial charge >= 0.3 is 0 Å². The summed E-state index contributed by atoms with van der Waals surface area (Å²) in [5.74, 6) is 0. The molecule has 1 aromatic rings. The lowest BCUT2D eigenvalue weighted by atomic mass is 9.99. The summed E-state index contributed by atoms with van der Waals surface area (Å²) in [6.07, 6.45) is -4.87. The van der Waals surface area contributed by atoms with Gasteiger partial charge in [0.1, 0.15) is 18.3 Å². The minimum atomic E-state index is -1.24. The van der Waals surface area contributed by atoms with Gasteiger partial charge in [-0.2, -0.15) is 0 Å². The molecule has 4 N–H and O–H groups in total. The molecular formula is C12H16ClNO4. The number of rotatable bonds is 2. The fraction of sp³-hybridized carbons (Fsp3) is 0.500. The predicted octanol–water partition coefficient (Wildman–Crippen LogP) is 0.579. The largest absolute Gasteiger partial charge is 0.388 e. The van der Waals surface area contributed by atoms with Crippen LogP contribution in [0.15, 0.2) is 24.3 Å². The molecule has 2 rings (SSSR count). The molecule has 1 aliphatic heterocycles.